The van der Waals surface area contributed by atoms with Crippen molar-refractivity contribution >= 4 is 22.9 Å². The Morgan fingerprint density at radius 2 is 2.18 bits per heavy atom. The highest BCUT2D eigenvalue weighted by Gasteiger charge is 2.45. The van der Waals surface area contributed by atoms with Crippen LogP contribution >= 0.6 is 0 Å². The quantitative estimate of drug-likeness (QED) is 0.442. The number of pyridine rings is 1. The Morgan fingerprint density at radius 3 is 2.93 bits per heavy atom. The third-order valence-electron chi connectivity index (χ3n) is 4.59. The van der Waals surface area contributed by atoms with E-state index in [1.165, 1.54) is 6.33 Å². The highest BCUT2D eigenvalue weighted by Crippen LogP contribution is 2.35. The van der Waals surface area contributed by atoms with Crippen LogP contribution in [0.15, 0.2) is 30.9 Å². The lowest BCUT2D eigenvalue weighted by Gasteiger charge is -2.19. The van der Waals surface area contributed by atoms with Crippen molar-refractivity contribution in [3.05, 3.63) is 36.4 Å². The molecule has 0 radical (unpaired) electrons. The van der Waals surface area contributed by atoms with Crippen molar-refractivity contribution < 1.29 is 19.7 Å². The largest absolute Gasteiger partial charge is 0.387 e. The second-order valence-corrected chi connectivity index (χ2v) is 6.41. The maximum atomic E-state index is 10.6. The zero-order valence-corrected chi connectivity index (χ0v) is 15.1. The fourth-order valence-corrected chi connectivity index (χ4v) is 3.20. The number of rotatable bonds is 6. The first-order valence-electron chi connectivity index (χ1n) is 8.74. The number of ether oxygens (including phenoxy) is 2. The number of nitrogens with one attached hydrogen (secondary N) is 1. The van der Waals surface area contributed by atoms with E-state index in [1.807, 2.05) is 12.1 Å². The van der Waals surface area contributed by atoms with E-state index in [-0.39, 0.29) is 12.4 Å². The number of aliphatic hydroxyl groups excluding tert-OH is 2. The molecule has 0 aliphatic carbocycles. The Morgan fingerprint density at radius 1 is 1.32 bits per heavy atom. The van der Waals surface area contributed by atoms with Gasteiger partial charge in [-0.25, -0.2) is 15.0 Å². The minimum absolute atomic E-state index is 0.0995. The average molecular weight is 387 g/mol. The van der Waals surface area contributed by atoms with Gasteiger partial charge in [0.25, 0.3) is 0 Å². The van der Waals surface area contributed by atoms with Gasteiger partial charge in [0.05, 0.1) is 13.2 Å². The summed E-state index contributed by atoms with van der Waals surface area (Å²) in [5, 5.41) is 23.9. The third kappa shape index (κ3) is 3.24. The molecule has 0 aromatic carbocycles. The fourth-order valence-electron chi connectivity index (χ4n) is 3.20. The van der Waals surface area contributed by atoms with E-state index in [0.29, 0.717) is 23.7 Å². The van der Waals surface area contributed by atoms with Gasteiger partial charge in [-0.05, 0) is 11.6 Å². The molecule has 3 aromatic rings. The predicted molar refractivity (Wildman–Crippen MR) is 99.1 cm³/mol. The SMILES string of the molecule is CNc1nc2c(N)ncnc2n1[C@@H]1O[C@H](COCc2cccnc2)[C@@H](O)[C@H]1O. The fraction of sp³-hybridized carbons (Fsp3) is 0.412. The van der Waals surface area contributed by atoms with Crippen LogP contribution in [0.25, 0.3) is 11.2 Å². The van der Waals surface area contributed by atoms with Gasteiger partial charge >= 0.3 is 0 Å². The second-order valence-electron chi connectivity index (χ2n) is 6.41. The van der Waals surface area contributed by atoms with Crippen LogP contribution in [0.4, 0.5) is 11.8 Å². The molecule has 0 unspecified atom stereocenters. The summed E-state index contributed by atoms with van der Waals surface area (Å²) in [6.45, 7) is 0.420. The van der Waals surface area contributed by atoms with E-state index in [0.717, 1.165) is 5.56 Å². The molecule has 11 heteroatoms. The molecule has 1 saturated heterocycles. The Balaban J connectivity index is 1.53. The third-order valence-corrected chi connectivity index (χ3v) is 4.59. The lowest BCUT2D eigenvalue weighted by atomic mass is 10.1. The molecular weight excluding hydrogens is 366 g/mol. The van der Waals surface area contributed by atoms with Gasteiger partial charge in [0.15, 0.2) is 23.2 Å². The molecule has 5 N–H and O–H groups in total. The Hall–Kier alpha value is -2.86. The molecule has 0 saturated carbocycles. The maximum Gasteiger partial charge on any atom is 0.207 e. The predicted octanol–water partition coefficient (Wildman–Crippen LogP) is -0.319. The number of aliphatic hydroxyl groups is 2. The number of hydrogen-bond acceptors (Lipinski definition) is 10. The van der Waals surface area contributed by atoms with Crippen LogP contribution in [0.5, 0.6) is 0 Å². The molecule has 1 fully saturated rings. The number of fused-ring (bicyclic) bond motifs is 1. The topological polar surface area (TPSA) is 153 Å². The number of nitrogens with zero attached hydrogens (tertiary/aromatic N) is 5. The van der Waals surface area contributed by atoms with Crippen LogP contribution in [-0.4, -0.2) is 66.7 Å². The van der Waals surface area contributed by atoms with Crippen molar-refractivity contribution in [3.63, 3.8) is 0 Å². The minimum atomic E-state index is -1.20. The second kappa shape index (κ2) is 7.64. The van der Waals surface area contributed by atoms with Gasteiger partial charge in [-0.1, -0.05) is 6.07 Å². The zero-order valence-electron chi connectivity index (χ0n) is 15.1. The lowest BCUT2D eigenvalue weighted by Crippen LogP contribution is -2.34. The van der Waals surface area contributed by atoms with E-state index in [2.05, 4.69) is 25.3 Å². The van der Waals surface area contributed by atoms with Crippen LogP contribution in [0.3, 0.4) is 0 Å². The first kappa shape index (κ1) is 18.5. The monoisotopic (exact) mass is 387 g/mol. The molecule has 11 nitrogen and oxygen atoms in total. The van der Waals surface area contributed by atoms with Crippen LogP contribution in [0.2, 0.25) is 0 Å². The van der Waals surface area contributed by atoms with Gasteiger partial charge in [-0.2, -0.15) is 0 Å². The zero-order chi connectivity index (χ0) is 19.7. The molecule has 0 spiro atoms. The normalized spacial score (nSPS) is 24.7. The van der Waals surface area contributed by atoms with Gasteiger partial charge in [-0.3, -0.25) is 9.55 Å². The van der Waals surface area contributed by atoms with Crippen molar-refractivity contribution in [2.75, 3.05) is 24.7 Å². The summed E-state index contributed by atoms with van der Waals surface area (Å²) in [5.74, 6) is 0.597. The van der Waals surface area contributed by atoms with Gasteiger partial charge in [-0.15, -0.1) is 0 Å². The molecule has 0 amide bonds. The van der Waals surface area contributed by atoms with Crippen molar-refractivity contribution in [3.8, 4) is 0 Å². The van der Waals surface area contributed by atoms with Crippen LogP contribution in [0, 0.1) is 0 Å². The standard InChI is InChI=1S/C17H21N7O4/c1-19-17-23-11-14(18)21-8-22-15(11)24(17)16-13(26)12(25)10(28-16)7-27-6-9-3-2-4-20-5-9/h2-5,8,10,12-13,16,25-26H,6-7H2,1H3,(H,19,23)(H2,18,21,22)/t10-,12-,13-,16-/m1/s1. The number of anilines is 2. The van der Waals surface area contributed by atoms with E-state index >= 15 is 0 Å². The Kier molecular flexibility index (Phi) is 5.05. The first-order valence-corrected chi connectivity index (χ1v) is 8.74. The molecule has 4 rings (SSSR count). The van der Waals surface area contributed by atoms with Crippen molar-refractivity contribution in [2.45, 2.75) is 31.1 Å². The molecule has 4 atom stereocenters. The molecule has 1 aliphatic rings. The highest BCUT2D eigenvalue weighted by atomic mass is 16.6. The van der Waals surface area contributed by atoms with Gasteiger partial charge in [0, 0.05) is 19.4 Å². The summed E-state index contributed by atoms with van der Waals surface area (Å²) in [7, 11) is 1.67. The molecular formula is C17H21N7O4. The smallest absolute Gasteiger partial charge is 0.207 e. The first-order chi connectivity index (χ1) is 13.6. The number of imidazole rings is 1. The van der Waals surface area contributed by atoms with Crippen molar-refractivity contribution in [1.82, 2.24) is 24.5 Å². The van der Waals surface area contributed by atoms with Crippen LogP contribution in [-0.2, 0) is 16.1 Å². The maximum absolute atomic E-state index is 10.6. The summed E-state index contributed by atoms with van der Waals surface area (Å²) >= 11 is 0. The van der Waals surface area contributed by atoms with E-state index in [1.54, 1.807) is 24.0 Å². The number of nitrogen functional groups attached to an aromatic ring is 1. The van der Waals surface area contributed by atoms with Crippen molar-refractivity contribution in [2.24, 2.45) is 0 Å². The minimum Gasteiger partial charge on any atom is -0.387 e. The number of aromatic nitrogens is 5. The number of nitrogens with two attached hydrogens (primary N) is 1. The van der Waals surface area contributed by atoms with Gasteiger partial charge in [0.2, 0.25) is 5.95 Å². The summed E-state index contributed by atoms with van der Waals surface area (Å²) in [4.78, 5) is 16.5. The molecule has 3 aromatic heterocycles. The van der Waals surface area contributed by atoms with E-state index in [9.17, 15) is 10.2 Å². The van der Waals surface area contributed by atoms with E-state index in [4.69, 9.17) is 15.2 Å². The molecule has 148 valence electrons. The average Bonchev–Trinajstić information content (AvgIpc) is 3.22. The summed E-state index contributed by atoms with van der Waals surface area (Å²) in [5.41, 5.74) is 7.55. The van der Waals surface area contributed by atoms with Gasteiger partial charge < -0.3 is 30.7 Å². The highest BCUT2D eigenvalue weighted by molar-refractivity contribution is 5.84. The Bertz CT molecular complexity index is 951. The summed E-state index contributed by atoms with van der Waals surface area (Å²) in [6.07, 6.45) is 0.709. The summed E-state index contributed by atoms with van der Waals surface area (Å²) in [6, 6.07) is 3.70. The van der Waals surface area contributed by atoms with E-state index < -0.39 is 24.5 Å². The molecule has 1 aliphatic heterocycles. The van der Waals surface area contributed by atoms with Crippen molar-refractivity contribution in [1.29, 1.82) is 0 Å². The van der Waals surface area contributed by atoms with Gasteiger partial charge in [0.1, 0.15) is 24.6 Å². The molecule has 4 heterocycles. The lowest BCUT2D eigenvalue weighted by molar-refractivity contribution is -0.0675. The summed E-state index contributed by atoms with van der Waals surface area (Å²) < 4.78 is 13.1. The Labute approximate surface area is 160 Å². The van der Waals surface area contributed by atoms with Crippen LogP contribution < -0.4 is 11.1 Å². The van der Waals surface area contributed by atoms with Crippen LogP contribution in [0.1, 0.15) is 11.8 Å². The molecule has 28 heavy (non-hydrogen) atoms. The molecule has 0 bridgehead atoms. The number of hydrogen-bond donors (Lipinski definition) is 4.